The van der Waals surface area contributed by atoms with Gasteiger partial charge in [-0.1, -0.05) is 0 Å². The van der Waals surface area contributed by atoms with Crippen molar-refractivity contribution in [2.45, 2.75) is 6.92 Å². The zero-order valence-corrected chi connectivity index (χ0v) is 7.06. The molecule has 2 N–H and O–H groups in total. The molecule has 0 amide bonds. The minimum Gasteiger partial charge on any atom is -0.512 e. The van der Waals surface area contributed by atoms with Crippen LogP contribution in [0.5, 0.6) is 5.75 Å². The number of aryl methyl sites for hydroxylation is 1. The van der Waals surface area contributed by atoms with Gasteiger partial charge >= 0.3 is 7.32 Å². The van der Waals surface area contributed by atoms with E-state index in [0.717, 1.165) is 5.56 Å². The molecule has 0 radical (unpaired) electrons. The van der Waals surface area contributed by atoms with E-state index >= 15 is 0 Å². The lowest BCUT2D eigenvalue weighted by Crippen LogP contribution is -2.20. The van der Waals surface area contributed by atoms with Gasteiger partial charge in [0.05, 0.1) is 11.6 Å². The molecule has 1 aromatic carbocycles. The van der Waals surface area contributed by atoms with Gasteiger partial charge in [0.1, 0.15) is 5.75 Å². The molecular weight excluding hydrogens is 169 g/mol. The Morgan fingerprint density at radius 1 is 1.38 bits per heavy atom. The van der Waals surface area contributed by atoms with E-state index < -0.39 is 7.32 Å². The predicted molar refractivity (Wildman–Crippen MR) is 46.7 cm³/mol. The fourth-order valence-corrected chi connectivity index (χ4v) is 1.00. The standard InChI is InChI=1S/C8H8BNO3/c1-6-2-7(5-10)4-8(3-6)13-9(11)12/h2-4,11-12H,1H3. The summed E-state index contributed by atoms with van der Waals surface area (Å²) in [6.07, 6.45) is 0. The first-order valence-corrected chi connectivity index (χ1v) is 3.66. The molecule has 1 rings (SSSR count). The second kappa shape index (κ2) is 3.94. The van der Waals surface area contributed by atoms with Gasteiger partial charge in [0, 0.05) is 0 Å². The molecule has 0 unspecified atom stereocenters. The van der Waals surface area contributed by atoms with E-state index in [0.29, 0.717) is 5.56 Å². The normalized spacial score (nSPS) is 9.08. The lowest BCUT2D eigenvalue weighted by molar-refractivity contribution is 0.288. The van der Waals surface area contributed by atoms with E-state index in [1.807, 2.05) is 6.07 Å². The van der Waals surface area contributed by atoms with Crippen molar-refractivity contribution < 1.29 is 14.7 Å². The van der Waals surface area contributed by atoms with Gasteiger partial charge in [-0.05, 0) is 30.7 Å². The number of hydrogen-bond donors (Lipinski definition) is 2. The van der Waals surface area contributed by atoms with Crippen LogP contribution in [0.4, 0.5) is 0 Å². The van der Waals surface area contributed by atoms with Crippen LogP contribution in [-0.4, -0.2) is 17.4 Å². The predicted octanol–water partition coefficient (Wildman–Crippen LogP) is 0.215. The molecule has 0 saturated heterocycles. The Morgan fingerprint density at radius 3 is 2.62 bits per heavy atom. The van der Waals surface area contributed by atoms with Crippen LogP contribution >= 0.6 is 0 Å². The quantitative estimate of drug-likeness (QED) is 0.633. The molecule has 0 bridgehead atoms. The monoisotopic (exact) mass is 177 g/mol. The molecule has 0 aliphatic carbocycles. The van der Waals surface area contributed by atoms with Crippen molar-refractivity contribution in [1.82, 2.24) is 0 Å². The molecule has 66 valence electrons. The van der Waals surface area contributed by atoms with Crippen molar-refractivity contribution >= 4 is 7.32 Å². The SMILES string of the molecule is Cc1cc(C#N)cc(OB(O)O)c1. The molecule has 13 heavy (non-hydrogen) atoms. The fourth-order valence-electron chi connectivity index (χ4n) is 1.00. The van der Waals surface area contributed by atoms with Crippen LogP contribution in [0, 0.1) is 18.3 Å². The van der Waals surface area contributed by atoms with Crippen molar-refractivity contribution in [3.8, 4) is 11.8 Å². The van der Waals surface area contributed by atoms with Crippen molar-refractivity contribution in [2.75, 3.05) is 0 Å². The maximum Gasteiger partial charge on any atom is 0.707 e. The first-order chi connectivity index (χ1) is 6.11. The highest BCUT2D eigenvalue weighted by Gasteiger charge is 2.11. The number of benzene rings is 1. The summed E-state index contributed by atoms with van der Waals surface area (Å²) in [5, 5.41) is 25.6. The van der Waals surface area contributed by atoms with Gasteiger partial charge in [0.15, 0.2) is 0 Å². The zero-order chi connectivity index (χ0) is 9.84. The number of rotatable bonds is 2. The molecule has 1 aromatic rings. The molecule has 0 fully saturated rings. The maximum atomic E-state index is 8.59. The summed E-state index contributed by atoms with van der Waals surface area (Å²) in [6.45, 7) is 1.79. The van der Waals surface area contributed by atoms with Gasteiger partial charge < -0.3 is 14.7 Å². The van der Waals surface area contributed by atoms with E-state index in [4.69, 9.17) is 15.3 Å². The first-order valence-electron chi connectivity index (χ1n) is 3.66. The van der Waals surface area contributed by atoms with Crippen LogP contribution < -0.4 is 4.65 Å². The van der Waals surface area contributed by atoms with Crippen molar-refractivity contribution in [2.24, 2.45) is 0 Å². The summed E-state index contributed by atoms with van der Waals surface area (Å²) in [7, 11) is -1.85. The third-order valence-electron chi connectivity index (χ3n) is 1.42. The van der Waals surface area contributed by atoms with Gasteiger partial charge in [0.2, 0.25) is 0 Å². The van der Waals surface area contributed by atoms with Crippen LogP contribution in [0.25, 0.3) is 0 Å². The van der Waals surface area contributed by atoms with Gasteiger partial charge in [-0.3, -0.25) is 0 Å². The van der Waals surface area contributed by atoms with Crippen molar-refractivity contribution in [3.05, 3.63) is 29.3 Å². The van der Waals surface area contributed by atoms with E-state index in [1.54, 1.807) is 19.1 Å². The summed E-state index contributed by atoms with van der Waals surface area (Å²) in [6, 6.07) is 6.66. The van der Waals surface area contributed by atoms with Crippen molar-refractivity contribution in [3.63, 3.8) is 0 Å². The Morgan fingerprint density at radius 2 is 2.08 bits per heavy atom. The smallest absolute Gasteiger partial charge is 0.512 e. The molecule has 4 nitrogen and oxygen atoms in total. The minimum absolute atomic E-state index is 0.270. The van der Waals surface area contributed by atoms with Crippen LogP contribution in [0.2, 0.25) is 0 Å². The number of nitrogens with zero attached hydrogens (tertiary/aromatic N) is 1. The molecule has 0 heterocycles. The molecular formula is C8H8BNO3. The Labute approximate surface area is 76.2 Å². The minimum atomic E-state index is -1.85. The summed E-state index contributed by atoms with van der Waals surface area (Å²) in [5.41, 5.74) is 1.25. The molecule has 0 aromatic heterocycles. The van der Waals surface area contributed by atoms with Crippen LogP contribution in [0.3, 0.4) is 0 Å². The molecule has 5 heteroatoms. The lowest BCUT2D eigenvalue weighted by Gasteiger charge is -2.05. The van der Waals surface area contributed by atoms with Gasteiger partial charge in [-0.15, -0.1) is 0 Å². The lowest BCUT2D eigenvalue weighted by atomic mass is 10.1. The average Bonchev–Trinajstić information content (AvgIpc) is 2.01. The largest absolute Gasteiger partial charge is 0.707 e. The first kappa shape index (κ1) is 9.58. The summed E-state index contributed by atoms with van der Waals surface area (Å²) in [5.74, 6) is 0.270. The van der Waals surface area contributed by atoms with Gasteiger partial charge in [0.25, 0.3) is 0 Å². The van der Waals surface area contributed by atoms with E-state index in [-0.39, 0.29) is 5.75 Å². The second-order valence-corrected chi connectivity index (χ2v) is 2.59. The van der Waals surface area contributed by atoms with Gasteiger partial charge in [-0.2, -0.15) is 5.26 Å². The number of nitriles is 1. The van der Waals surface area contributed by atoms with Crippen LogP contribution in [0.15, 0.2) is 18.2 Å². The van der Waals surface area contributed by atoms with Gasteiger partial charge in [-0.25, -0.2) is 0 Å². The molecule has 0 aliphatic heterocycles. The summed E-state index contributed by atoms with van der Waals surface area (Å²) >= 11 is 0. The zero-order valence-electron chi connectivity index (χ0n) is 7.06. The summed E-state index contributed by atoms with van der Waals surface area (Å²) in [4.78, 5) is 0. The number of hydrogen-bond acceptors (Lipinski definition) is 4. The Bertz CT molecular complexity index is 346. The highest BCUT2D eigenvalue weighted by Crippen LogP contribution is 2.16. The third kappa shape index (κ3) is 2.78. The molecule has 0 atom stereocenters. The van der Waals surface area contributed by atoms with Crippen LogP contribution in [-0.2, 0) is 0 Å². The van der Waals surface area contributed by atoms with E-state index in [2.05, 4.69) is 4.65 Å². The average molecular weight is 177 g/mol. The molecule has 0 aliphatic rings. The highest BCUT2D eigenvalue weighted by molar-refractivity contribution is 6.33. The Kier molecular flexibility index (Phi) is 2.90. The highest BCUT2D eigenvalue weighted by atomic mass is 16.6. The topological polar surface area (TPSA) is 73.5 Å². The summed E-state index contributed by atoms with van der Waals surface area (Å²) < 4.78 is 4.60. The maximum absolute atomic E-state index is 8.59. The third-order valence-corrected chi connectivity index (χ3v) is 1.42. The van der Waals surface area contributed by atoms with E-state index in [1.165, 1.54) is 6.07 Å². The Balaban J connectivity index is 2.96. The molecule has 0 spiro atoms. The fraction of sp³-hybridized carbons (Fsp3) is 0.125. The Hall–Kier alpha value is -1.51. The van der Waals surface area contributed by atoms with Crippen LogP contribution in [0.1, 0.15) is 11.1 Å². The van der Waals surface area contributed by atoms with E-state index in [9.17, 15) is 0 Å². The van der Waals surface area contributed by atoms with Crippen molar-refractivity contribution in [1.29, 1.82) is 5.26 Å². The second-order valence-electron chi connectivity index (χ2n) is 2.59. The molecule has 0 saturated carbocycles.